The Bertz CT molecular complexity index is 946. The Morgan fingerprint density at radius 1 is 1.03 bits per heavy atom. The summed E-state index contributed by atoms with van der Waals surface area (Å²) in [6, 6.07) is 8.99. The minimum Gasteiger partial charge on any atom is -0.486 e. The molecule has 0 radical (unpaired) electrons. The van der Waals surface area contributed by atoms with E-state index in [-0.39, 0.29) is 5.91 Å². The van der Waals surface area contributed by atoms with Gasteiger partial charge in [0.15, 0.2) is 11.5 Å². The van der Waals surface area contributed by atoms with Crippen LogP contribution in [-0.4, -0.2) is 35.6 Å². The fourth-order valence-electron chi connectivity index (χ4n) is 3.17. The van der Waals surface area contributed by atoms with Crippen molar-refractivity contribution in [3.8, 4) is 11.5 Å². The number of hydrazine groups is 1. The van der Waals surface area contributed by atoms with E-state index in [9.17, 15) is 9.59 Å². The summed E-state index contributed by atoms with van der Waals surface area (Å²) < 4.78 is 11.7. The summed E-state index contributed by atoms with van der Waals surface area (Å²) in [4.78, 5) is 26.3. The van der Waals surface area contributed by atoms with E-state index >= 15 is 0 Å². The van der Waals surface area contributed by atoms with Gasteiger partial charge in [-0.15, -0.1) is 0 Å². The molecular weight excluding hydrogens is 436 g/mol. The molecule has 0 fully saturated rings. The van der Waals surface area contributed by atoms with E-state index in [1.54, 1.807) is 12.1 Å². The monoisotopic (exact) mass is 460 g/mol. The van der Waals surface area contributed by atoms with Gasteiger partial charge in [0, 0.05) is 5.56 Å². The third-order valence-corrected chi connectivity index (χ3v) is 5.24. The SMILES string of the molecule is Cc1cc(C)cc(C(=O)N(NC(=O)c2ccc3c(c2Br)OCCO3)C(C)(C)C)c1. The highest BCUT2D eigenvalue weighted by molar-refractivity contribution is 9.10. The average molecular weight is 461 g/mol. The van der Waals surface area contributed by atoms with Crippen LogP contribution < -0.4 is 14.9 Å². The molecule has 3 rings (SSSR count). The number of hydrogen-bond acceptors (Lipinski definition) is 4. The van der Waals surface area contributed by atoms with E-state index in [4.69, 9.17) is 9.47 Å². The van der Waals surface area contributed by atoms with Gasteiger partial charge in [-0.2, -0.15) is 0 Å². The van der Waals surface area contributed by atoms with Gasteiger partial charge in [-0.1, -0.05) is 17.2 Å². The highest BCUT2D eigenvalue weighted by atomic mass is 79.9. The van der Waals surface area contributed by atoms with E-state index in [1.807, 2.05) is 52.8 Å². The number of halogens is 1. The lowest BCUT2D eigenvalue weighted by atomic mass is 10.0. The van der Waals surface area contributed by atoms with Gasteiger partial charge < -0.3 is 9.47 Å². The number of benzene rings is 2. The molecule has 1 heterocycles. The summed E-state index contributed by atoms with van der Waals surface area (Å²) in [5.41, 5.74) is 5.01. The van der Waals surface area contributed by atoms with Crippen LogP contribution in [0.1, 0.15) is 52.6 Å². The Kier molecular flexibility index (Phi) is 5.89. The lowest BCUT2D eigenvalue weighted by Crippen LogP contribution is -2.56. The number of carbonyl (C=O) groups excluding carboxylic acids is 2. The molecule has 7 heteroatoms. The van der Waals surface area contributed by atoms with Crippen LogP contribution in [0.5, 0.6) is 11.5 Å². The van der Waals surface area contributed by atoms with Crippen molar-refractivity contribution >= 4 is 27.7 Å². The molecule has 0 spiro atoms. The van der Waals surface area contributed by atoms with Gasteiger partial charge in [0.1, 0.15) is 13.2 Å². The van der Waals surface area contributed by atoms with E-state index in [0.717, 1.165) is 11.1 Å². The van der Waals surface area contributed by atoms with Crippen molar-refractivity contribution in [3.05, 3.63) is 57.1 Å². The van der Waals surface area contributed by atoms with Gasteiger partial charge in [0.2, 0.25) is 0 Å². The van der Waals surface area contributed by atoms with Crippen molar-refractivity contribution in [2.75, 3.05) is 13.2 Å². The van der Waals surface area contributed by atoms with Crippen LogP contribution in [-0.2, 0) is 0 Å². The largest absolute Gasteiger partial charge is 0.486 e. The third-order valence-electron chi connectivity index (χ3n) is 4.45. The molecule has 6 nitrogen and oxygen atoms in total. The normalized spacial score (nSPS) is 13.0. The number of aryl methyl sites for hydroxylation is 2. The summed E-state index contributed by atoms with van der Waals surface area (Å²) in [6.07, 6.45) is 0. The van der Waals surface area contributed by atoms with Crippen LogP contribution in [0, 0.1) is 13.8 Å². The van der Waals surface area contributed by atoms with Crippen molar-refractivity contribution < 1.29 is 19.1 Å². The Morgan fingerprint density at radius 3 is 2.28 bits per heavy atom. The highest BCUT2D eigenvalue weighted by Crippen LogP contribution is 2.39. The number of nitrogens with zero attached hydrogens (tertiary/aromatic N) is 1. The van der Waals surface area contributed by atoms with Gasteiger partial charge in [-0.05, 0) is 74.8 Å². The molecule has 154 valence electrons. The van der Waals surface area contributed by atoms with Crippen LogP contribution in [0.25, 0.3) is 0 Å². The quantitative estimate of drug-likeness (QED) is 0.673. The van der Waals surface area contributed by atoms with Crippen molar-refractivity contribution in [3.63, 3.8) is 0 Å². The Balaban J connectivity index is 1.91. The maximum Gasteiger partial charge on any atom is 0.272 e. The highest BCUT2D eigenvalue weighted by Gasteiger charge is 2.31. The number of carbonyl (C=O) groups is 2. The molecule has 0 aliphatic carbocycles. The molecule has 0 aromatic heterocycles. The summed E-state index contributed by atoms with van der Waals surface area (Å²) >= 11 is 3.44. The van der Waals surface area contributed by atoms with Gasteiger partial charge >= 0.3 is 0 Å². The fourth-order valence-corrected chi connectivity index (χ4v) is 3.79. The molecule has 0 atom stereocenters. The zero-order chi connectivity index (χ0) is 21.3. The molecule has 1 N–H and O–H groups in total. The minimum absolute atomic E-state index is 0.272. The summed E-state index contributed by atoms with van der Waals surface area (Å²) in [5, 5.41) is 1.37. The number of hydrogen-bond donors (Lipinski definition) is 1. The Morgan fingerprint density at radius 2 is 1.66 bits per heavy atom. The summed E-state index contributed by atoms with van der Waals surface area (Å²) in [5.74, 6) is 0.387. The fraction of sp³-hybridized carbons (Fsp3) is 0.364. The van der Waals surface area contributed by atoms with Crippen LogP contribution in [0.15, 0.2) is 34.8 Å². The van der Waals surface area contributed by atoms with E-state index < -0.39 is 11.4 Å². The number of nitrogens with one attached hydrogen (secondary N) is 1. The molecule has 0 unspecified atom stereocenters. The first kappa shape index (κ1) is 21.2. The van der Waals surface area contributed by atoms with E-state index in [1.165, 1.54) is 5.01 Å². The zero-order valence-electron chi connectivity index (χ0n) is 17.3. The number of rotatable bonds is 2. The average Bonchev–Trinajstić information content (AvgIpc) is 2.64. The first-order chi connectivity index (χ1) is 13.6. The molecule has 0 saturated heterocycles. The lowest BCUT2D eigenvalue weighted by Gasteiger charge is -2.35. The van der Waals surface area contributed by atoms with Gasteiger partial charge in [0.05, 0.1) is 15.6 Å². The van der Waals surface area contributed by atoms with Crippen molar-refractivity contribution in [1.82, 2.24) is 10.4 Å². The first-order valence-electron chi connectivity index (χ1n) is 9.40. The third kappa shape index (κ3) is 4.56. The maximum absolute atomic E-state index is 13.2. The molecule has 0 saturated carbocycles. The van der Waals surface area contributed by atoms with Crippen molar-refractivity contribution in [1.29, 1.82) is 0 Å². The smallest absolute Gasteiger partial charge is 0.272 e. The maximum atomic E-state index is 13.2. The predicted molar refractivity (Wildman–Crippen MR) is 114 cm³/mol. The van der Waals surface area contributed by atoms with Gasteiger partial charge in [-0.25, -0.2) is 5.01 Å². The molecule has 0 bridgehead atoms. The van der Waals surface area contributed by atoms with Crippen molar-refractivity contribution in [2.45, 2.75) is 40.2 Å². The molecule has 2 aromatic rings. The van der Waals surface area contributed by atoms with Gasteiger partial charge in [-0.3, -0.25) is 15.0 Å². The van der Waals surface area contributed by atoms with Crippen molar-refractivity contribution in [2.24, 2.45) is 0 Å². The van der Waals surface area contributed by atoms with Crippen LogP contribution in [0.4, 0.5) is 0 Å². The summed E-state index contributed by atoms with van der Waals surface area (Å²) in [7, 11) is 0. The molecule has 2 amide bonds. The molecule has 2 aromatic carbocycles. The minimum atomic E-state index is -0.634. The number of ether oxygens (including phenoxy) is 2. The summed E-state index contributed by atoms with van der Waals surface area (Å²) in [6.45, 7) is 10.4. The van der Waals surface area contributed by atoms with Gasteiger partial charge in [0.25, 0.3) is 11.8 Å². The molecule has 1 aliphatic heterocycles. The van der Waals surface area contributed by atoms with E-state index in [2.05, 4.69) is 21.4 Å². The number of amides is 2. The predicted octanol–water partition coefficient (Wildman–Crippen LogP) is 4.42. The second kappa shape index (κ2) is 8.06. The Labute approximate surface area is 179 Å². The second-order valence-corrected chi connectivity index (χ2v) is 8.87. The lowest BCUT2D eigenvalue weighted by molar-refractivity contribution is 0.0358. The van der Waals surface area contributed by atoms with Crippen LogP contribution in [0.2, 0.25) is 0 Å². The van der Waals surface area contributed by atoms with Crippen LogP contribution in [0.3, 0.4) is 0 Å². The first-order valence-corrected chi connectivity index (χ1v) is 10.2. The van der Waals surface area contributed by atoms with Crippen LogP contribution >= 0.6 is 15.9 Å². The topological polar surface area (TPSA) is 67.9 Å². The molecule has 1 aliphatic rings. The van der Waals surface area contributed by atoms with E-state index in [0.29, 0.717) is 40.3 Å². The number of fused-ring (bicyclic) bond motifs is 1. The molecule has 29 heavy (non-hydrogen) atoms. The molecular formula is C22H25BrN2O4. The zero-order valence-corrected chi connectivity index (χ0v) is 18.8. The second-order valence-electron chi connectivity index (χ2n) is 8.08. The Hall–Kier alpha value is -2.54. The standard InChI is InChI=1S/C22H25BrN2O4/c1-13-10-14(2)12-15(11-13)21(27)25(22(3,4)5)24-20(26)16-6-7-17-19(18(16)23)29-9-8-28-17/h6-7,10-12H,8-9H2,1-5H3,(H,24,26).